The molecular weight excluding hydrogens is 516 g/mol. The molecule has 1 aliphatic rings. The van der Waals surface area contributed by atoms with Crippen molar-refractivity contribution in [3.8, 4) is 11.5 Å². The summed E-state index contributed by atoms with van der Waals surface area (Å²) in [4.78, 5) is 25.3. The van der Waals surface area contributed by atoms with Crippen LogP contribution in [0.15, 0.2) is 77.0 Å². The van der Waals surface area contributed by atoms with E-state index in [4.69, 9.17) is 26.4 Å². The number of hydrogen-bond donors (Lipinski definition) is 3. The zero-order valence-corrected chi connectivity index (χ0v) is 22.8. The molecule has 10 heteroatoms. The topological polar surface area (TPSA) is 110 Å². The van der Waals surface area contributed by atoms with Gasteiger partial charge in [0, 0.05) is 22.2 Å². The van der Waals surface area contributed by atoms with E-state index < -0.39 is 17.9 Å². The van der Waals surface area contributed by atoms with E-state index in [1.165, 1.54) is 0 Å². The second-order valence-corrected chi connectivity index (χ2v) is 8.95. The smallest absolute Gasteiger partial charge is 0.338 e. The lowest BCUT2D eigenvalue weighted by atomic mass is 9.95. The normalized spacial score (nSPS) is 15.1. The summed E-state index contributed by atoms with van der Waals surface area (Å²) in [7, 11) is 0. The minimum atomic E-state index is -0.608. The summed E-state index contributed by atoms with van der Waals surface area (Å²) in [5, 5.41) is 12.5. The third kappa shape index (κ3) is 6.53. The van der Waals surface area contributed by atoms with Gasteiger partial charge in [-0.05, 0) is 56.6 Å². The first-order valence-electron chi connectivity index (χ1n) is 12.6. The van der Waals surface area contributed by atoms with Gasteiger partial charge in [-0.3, -0.25) is 4.79 Å². The van der Waals surface area contributed by atoms with Crippen LogP contribution in [-0.2, 0) is 14.3 Å². The Morgan fingerprint density at radius 2 is 1.72 bits per heavy atom. The zero-order valence-electron chi connectivity index (χ0n) is 21.9. The molecule has 0 saturated heterocycles. The van der Waals surface area contributed by atoms with Crippen molar-refractivity contribution in [2.45, 2.75) is 26.8 Å². The predicted molar refractivity (Wildman–Crippen MR) is 154 cm³/mol. The van der Waals surface area contributed by atoms with Crippen molar-refractivity contribution in [1.29, 1.82) is 0 Å². The number of benzene rings is 3. The second kappa shape index (κ2) is 12.9. The molecule has 3 aromatic rings. The molecule has 0 aliphatic carbocycles. The number of nitrogens with one attached hydrogen (secondary N) is 3. The number of hydrogen-bond acceptors (Lipinski definition) is 7. The standard InChI is InChI=1S/C29H30N4O5S/c1-4-36-24-15-14-19(20-10-6-7-11-21(20)24)16-30-33-25(34)17-38-23-13-9-8-12-22(23)27-26(28(35)37-5-2)18(3)31-29(39)32-27/h6-16,27H,4-5,17H2,1-3H3,(H,33,34)(H2,31,32,39)/t27-/m0/s1. The average molecular weight is 547 g/mol. The summed E-state index contributed by atoms with van der Waals surface area (Å²) in [5.74, 6) is 0.307. The molecule has 1 aliphatic heterocycles. The fourth-order valence-corrected chi connectivity index (χ4v) is 4.57. The molecule has 0 fully saturated rings. The van der Waals surface area contributed by atoms with Crippen molar-refractivity contribution in [2.75, 3.05) is 19.8 Å². The van der Waals surface area contributed by atoms with Crippen LogP contribution in [0.4, 0.5) is 0 Å². The minimum absolute atomic E-state index is 0.234. The Morgan fingerprint density at radius 1 is 0.974 bits per heavy atom. The Morgan fingerprint density at radius 3 is 2.49 bits per heavy atom. The van der Waals surface area contributed by atoms with Gasteiger partial charge in [-0.15, -0.1) is 0 Å². The van der Waals surface area contributed by atoms with E-state index in [1.807, 2.05) is 49.4 Å². The second-order valence-electron chi connectivity index (χ2n) is 8.54. The van der Waals surface area contributed by atoms with Gasteiger partial charge in [0.2, 0.25) is 0 Å². The highest BCUT2D eigenvalue weighted by Gasteiger charge is 2.32. The highest BCUT2D eigenvalue weighted by Crippen LogP contribution is 2.33. The van der Waals surface area contributed by atoms with Crippen molar-refractivity contribution in [3.63, 3.8) is 0 Å². The number of nitrogens with zero attached hydrogens (tertiary/aromatic N) is 1. The molecule has 3 aromatic carbocycles. The molecule has 1 amide bonds. The van der Waals surface area contributed by atoms with Crippen LogP contribution in [0.2, 0.25) is 0 Å². The number of carbonyl (C=O) groups is 2. The molecule has 0 spiro atoms. The quantitative estimate of drug-likeness (QED) is 0.151. The monoisotopic (exact) mass is 546 g/mol. The van der Waals surface area contributed by atoms with Gasteiger partial charge in [-0.25, -0.2) is 10.2 Å². The number of esters is 1. The molecule has 0 radical (unpaired) electrons. The largest absolute Gasteiger partial charge is 0.493 e. The number of ether oxygens (including phenoxy) is 3. The van der Waals surface area contributed by atoms with Gasteiger partial charge in [-0.1, -0.05) is 42.5 Å². The van der Waals surface area contributed by atoms with E-state index in [1.54, 1.807) is 38.3 Å². The lowest BCUT2D eigenvalue weighted by Crippen LogP contribution is -2.45. The molecule has 4 rings (SSSR count). The van der Waals surface area contributed by atoms with E-state index in [0.29, 0.717) is 34.3 Å². The van der Waals surface area contributed by atoms with Crippen LogP contribution in [0.5, 0.6) is 11.5 Å². The number of carbonyl (C=O) groups excluding carboxylic acids is 2. The Balaban J connectivity index is 1.46. The maximum atomic E-state index is 12.7. The van der Waals surface area contributed by atoms with Crippen molar-refractivity contribution in [3.05, 3.63) is 83.1 Å². The van der Waals surface area contributed by atoms with E-state index >= 15 is 0 Å². The maximum Gasteiger partial charge on any atom is 0.338 e. The molecular formula is C29H30N4O5S. The Kier molecular flexibility index (Phi) is 9.11. The highest BCUT2D eigenvalue weighted by molar-refractivity contribution is 7.80. The van der Waals surface area contributed by atoms with Crippen LogP contribution in [0.3, 0.4) is 0 Å². The van der Waals surface area contributed by atoms with Gasteiger partial charge in [0.05, 0.1) is 31.0 Å². The first-order chi connectivity index (χ1) is 18.9. The Labute approximate surface area is 232 Å². The predicted octanol–water partition coefficient (Wildman–Crippen LogP) is 4.12. The summed E-state index contributed by atoms with van der Waals surface area (Å²) in [5.41, 5.74) is 4.96. The molecule has 3 N–H and O–H groups in total. The van der Waals surface area contributed by atoms with E-state index in [2.05, 4.69) is 21.2 Å². The molecule has 0 aromatic heterocycles. The summed E-state index contributed by atoms with van der Waals surface area (Å²) in [6, 6.07) is 18.1. The molecule has 1 atom stereocenters. The van der Waals surface area contributed by atoms with E-state index in [9.17, 15) is 9.59 Å². The molecule has 0 unspecified atom stereocenters. The van der Waals surface area contributed by atoms with Crippen LogP contribution in [0, 0.1) is 0 Å². The number of allylic oxidation sites excluding steroid dienone is 1. The fourth-order valence-electron chi connectivity index (χ4n) is 4.30. The van der Waals surface area contributed by atoms with Crippen molar-refractivity contribution in [2.24, 2.45) is 5.10 Å². The SMILES string of the molecule is CCOC(=O)C1=C(C)NC(=S)N[C@H]1c1ccccc1OCC(=O)NN=Cc1ccc(OCC)c2ccccc12. The Bertz CT molecular complexity index is 1450. The van der Waals surface area contributed by atoms with Crippen LogP contribution < -0.4 is 25.5 Å². The van der Waals surface area contributed by atoms with Crippen LogP contribution in [-0.4, -0.2) is 43.0 Å². The maximum absolute atomic E-state index is 12.7. The molecule has 1 heterocycles. The average Bonchev–Trinajstić information content (AvgIpc) is 2.93. The number of hydrazone groups is 1. The number of thiocarbonyl (C=S) groups is 1. The summed E-state index contributed by atoms with van der Waals surface area (Å²) >= 11 is 5.31. The lowest BCUT2D eigenvalue weighted by molar-refractivity contribution is -0.139. The zero-order chi connectivity index (χ0) is 27.8. The number of fused-ring (bicyclic) bond motifs is 1. The van der Waals surface area contributed by atoms with E-state index in [0.717, 1.165) is 22.1 Å². The minimum Gasteiger partial charge on any atom is -0.493 e. The van der Waals surface area contributed by atoms with Crippen LogP contribution >= 0.6 is 12.2 Å². The fraction of sp³-hybridized carbons (Fsp3) is 0.241. The first-order valence-corrected chi connectivity index (χ1v) is 13.0. The van der Waals surface area contributed by atoms with Gasteiger partial charge < -0.3 is 24.8 Å². The van der Waals surface area contributed by atoms with E-state index in [-0.39, 0.29) is 13.2 Å². The third-order valence-electron chi connectivity index (χ3n) is 5.96. The number of rotatable bonds is 10. The van der Waals surface area contributed by atoms with Gasteiger partial charge in [-0.2, -0.15) is 5.10 Å². The lowest BCUT2D eigenvalue weighted by Gasteiger charge is -2.30. The highest BCUT2D eigenvalue weighted by atomic mass is 32.1. The summed E-state index contributed by atoms with van der Waals surface area (Å²) in [6.45, 7) is 5.96. The van der Waals surface area contributed by atoms with Crippen molar-refractivity contribution in [1.82, 2.24) is 16.1 Å². The van der Waals surface area contributed by atoms with Gasteiger partial charge in [0.25, 0.3) is 5.91 Å². The molecule has 39 heavy (non-hydrogen) atoms. The van der Waals surface area contributed by atoms with Gasteiger partial charge >= 0.3 is 5.97 Å². The van der Waals surface area contributed by atoms with Gasteiger partial charge in [0.1, 0.15) is 11.5 Å². The Hall–Kier alpha value is -4.44. The van der Waals surface area contributed by atoms with Gasteiger partial charge in [0.15, 0.2) is 11.7 Å². The first kappa shape index (κ1) is 27.6. The van der Waals surface area contributed by atoms with Crippen molar-refractivity contribution >= 4 is 46.2 Å². The summed E-state index contributed by atoms with van der Waals surface area (Å²) < 4.78 is 16.8. The molecule has 0 saturated carbocycles. The van der Waals surface area contributed by atoms with Crippen LogP contribution in [0.1, 0.15) is 37.9 Å². The third-order valence-corrected chi connectivity index (χ3v) is 6.18. The molecule has 0 bridgehead atoms. The number of para-hydroxylation sites is 1. The molecule has 9 nitrogen and oxygen atoms in total. The molecule has 202 valence electrons. The van der Waals surface area contributed by atoms with Crippen molar-refractivity contribution < 1.29 is 23.8 Å². The summed E-state index contributed by atoms with van der Waals surface area (Å²) in [6.07, 6.45) is 1.59. The van der Waals surface area contributed by atoms with Crippen LogP contribution in [0.25, 0.3) is 10.8 Å². The number of amides is 1.